The lowest BCUT2D eigenvalue weighted by Gasteiger charge is -2.35. The first-order valence-corrected chi connectivity index (χ1v) is 11.9. The fraction of sp³-hybridized carbons (Fsp3) is 0.455. The van der Waals surface area contributed by atoms with Crippen molar-refractivity contribution in [1.82, 2.24) is 19.4 Å². The van der Waals surface area contributed by atoms with Gasteiger partial charge in [0, 0.05) is 45.2 Å². The Hall–Kier alpha value is -3.34. The van der Waals surface area contributed by atoms with E-state index in [9.17, 15) is 19.7 Å². The van der Waals surface area contributed by atoms with Gasteiger partial charge in [-0.1, -0.05) is 6.42 Å². The molecule has 10 nitrogen and oxygen atoms in total. The first-order chi connectivity index (χ1) is 15.9. The average Bonchev–Trinajstić information content (AvgIpc) is 2.99. The number of fused-ring (bicyclic) bond motifs is 2. The molecule has 1 amide bonds. The van der Waals surface area contributed by atoms with E-state index in [1.165, 1.54) is 23.6 Å². The molecule has 0 bridgehead atoms. The summed E-state index contributed by atoms with van der Waals surface area (Å²) >= 11 is 1.32. The van der Waals surface area contributed by atoms with Crippen LogP contribution in [-0.4, -0.2) is 56.4 Å². The van der Waals surface area contributed by atoms with Crippen LogP contribution >= 0.6 is 11.3 Å². The molecule has 11 heteroatoms. The van der Waals surface area contributed by atoms with E-state index in [1.807, 2.05) is 11.8 Å². The Morgan fingerprint density at radius 1 is 1.12 bits per heavy atom. The van der Waals surface area contributed by atoms with Crippen molar-refractivity contribution >= 4 is 39.0 Å². The van der Waals surface area contributed by atoms with Crippen LogP contribution in [0.1, 0.15) is 40.3 Å². The number of piperazine rings is 1. The van der Waals surface area contributed by atoms with Gasteiger partial charge < -0.3 is 9.80 Å². The van der Waals surface area contributed by atoms with Crippen LogP contribution < -0.4 is 10.5 Å². The van der Waals surface area contributed by atoms with Gasteiger partial charge in [0.2, 0.25) is 0 Å². The number of carbonyl (C=O) groups excluding carboxylic acids is 1. The molecule has 3 aromatic heterocycles. The van der Waals surface area contributed by atoms with Crippen molar-refractivity contribution in [3.05, 3.63) is 55.1 Å². The Kier molecular flexibility index (Phi) is 5.57. The zero-order valence-corrected chi connectivity index (χ0v) is 19.1. The zero-order chi connectivity index (χ0) is 23.1. The van der Waals surface area contributed by atoms with E-state index in [2.05, 4.69) is 4.98 Å². The van der Waals surface area contributed by atoms with Crippen molar-refractivity contribution in [2.24, 2.45) is 0 Å². The minimum absolute atomic E-state index is 0.0289. The molecule has 0 radical (unpaired) electrons. The SMILES string of the molecule is Cc1c(C(=O)N2CCN(c3ccc([N+](=O)[O-])cn3)CC2)sc2nc3n(c(=O)c12)CCCCC3. The van der Waals surface area contributed by atoms with Crippen LogP contribution in [0.25, 0.3) is 10.2 Å². The number of nitro groups is 1. The van der Waals surface area contributed by atoms with Crippen LogP contribution in [0.2, 0.25) is 0 Å². The molecular weight excluding hydrogens is 444 g/mol. The molecule has 0 saturated carbocycles. The zero-order valence-electron chi connectivity index (χ0n) is 18.3. The molecule has 0 unspecified atom stereocenters. The summed E-state index contributed by atoms with van der Waals surface area (Å²) in [7, 11) is 0. The fourth-order valence-corrected chi connectivity index (χ4v) is 5.73. The van der Waals surface area contributed by atoms with Gasteiger partial charge in [-0.25, -0.2) is 9.97 Å². The standard InChI is InChI=1S/C22H24N6O4S/c1-14-18-20(24-17-5-3-2-4-8-27(17)21(18)29)33-19(14)22(30)26-11-9-25(10-12-26)16-7-6-15(13-23-16)28(31)32/h6-7,13H,2-5,8-12H2,1H3. The second-order valence-corrected chi connectivity index (χ2v) is 9.44. The Morgan fingerprint density at radius 2 is 1.91 bits per heavy atom. The van der Waals surface area contributed by atoms with Gasteiger partial charge in [-0.05, 0) is 31.4 Å². The van der Waals surface area contributed by atoms with Crippen molar-refractivity contribution in [2.45, 2.75) is 39.2 Å². The second kappa shape index (κ2) is 8.54. The average molecular weight is 469 g/mol. The predicted octanol–water partition coefficient (Wildman–Crippen LogP) is 2.76. The molecule has 0 atom stereocenters. The molecule has 1 fully saturated rings. The maximum atomic E-state index is 13.3. The van der Waals surface area contributed by atoms with E-state index < -0.39 is 4.92 Å². The summed E-state index contributed by atoms with van der Waals surface area (Å²) in [6, 6.07) is 3.07. The molecule has 3 aromatic rings. The Morgan fingerprint density at radius 3 is 2.61 bits per heavy atom. The first kappa shape index (κ1) is 21.5. The second-order valence-electron chi connectivity index (χ2n) is 8.44. The number of hydrogen-bond acceptors (Lipinski definition) is 8. The monoisotopic (exact) mass is 468 g/mol. The van der Waals surface area contributed by atoms with Gasteiger partial charge in [0.1, 0.15) is 22.7 Å². The molecule has 0 aliphatic carbocycles. The molecule has 5 heterocycles. The van der Waals surface area contributed by atoms with Crippen molar-refractivity contribution in [2.75, 3.05) is 31.1 Å². The maximum absolute atomic E-state index is 13.3. The summed E-state index contributed by atoms with van der Waals surface area (Å²) in [4.78, 5) is 50.8. The highest BCUT2D eigenvalue weighted by Crippen LogP contribution is 2.30. The van der Waals surface area contributed by atoms with Gasteiger partial charge in [-0.3, -0.25) is 24.3 Å². The number of pyridine rings is 1. The summed E-state index contributed by atoms with van der Waals surface area (Å²) in [6.45, 7) is 4.71. The normalized spacial score (nSPS) is 16.5. The molecule has 172 valence electrons. The van der Waals surface area contributed by atoms with Crippen LogP contribution in [0, 0.1) is 17.0 Å². The Labute approximate surface area is 193 Å². The summed E-state index contributed by atoms with van der Waals surface area (Å²) in [5.41, 5.74) is 0.643. The van der Waals surface area contributed by atoms with Crippen LogP contribution in [0.5, 0.6) is 0 Å². The molecule has 0 aromatic carbocycles. The summed E-state index contributed by atoms with van der Waals surface area (Å²) in [5, 5.41) is 11.4. The largest absolute Gasteiger partial charge is 0.353 e. The van der Waals surface area contributed by atoms with Crippen LogP contribution in [-0.2, 0) is 13.0 Å². The molecule has 2 aliphatic heterocycles. The highest BCUT2D eigenvalue weighted by Gasteiger charge is 2.28. The third-order valence-corrected chi connectivity index (χ3v) is 7.61. The molecule has 1 saturated heterocycles. The number of anilines is 1. The lowest BCUT2D eigenvalue weighted by atomic mass is 10.2. The molecule has 0 N–H and O–H groups in total. The molecular formula is C22H24N6O4S. The molecule has 2 aliphatic rings. The third-order valence-electron chi connectivity index (χ3n) is 6.44. The summed E-state index contributed by atoms with van der Waals surface area (Å²) in [6.07, 6.45) is 5.15. The van der Waals surface area contributed by atoms with E-state index in [4.69, 9.17) is 4.98 Å². The van der Waals surface area contributed by atoms with E-state index in [1.54, 1.807) is 15.5 Å². The van der Waals surface area contributed by atoms with Gasteiger partial charge in [0.25, 0.3) is 17.2 Å². The van der Waals surface area contributed by atoms with Crippen LogP contribution in [0.4, 0.5) is 11.5 Å². The molecule has 5 rings (SSSR count). The number of rotatable bonds is 3. The van der Waals surface area contributed by atoms with E-state index in [0.717, 1.165) is 37.1 Å². The highest BCUT2D eigenvalue weighted by atomic mass is 32.1. The minimum atomic E-state index is -0.473. The van der Waals surface area contributed by atoms with E-state index in [-0.39, 0.29) is 17.2 Å². The number of amides is 1. The topological polar surface area (TPSA) is 114 Å². The van der Waals surface area contributed by atoms with Crippen molar-refractivity contribution in [1.29, 1.82) is 0 Å². The number of thiophene rings is 1. The number of hydrogen-bond donors (Lipinski definition) is 0. The van der Waals surface area contributed by atoms with E-state index >= 15 is 0 Å². The van der Waals surface area contributed by atoms with Crippen molar-refractivity contribution < 1.29 is 9.72 Å². The van der Waals surface area contributed by atoms with Gasteiger partial charge in [-0.2, -0.15) is 0 Å². The number of aromatic nitrogens is 3. The highest BCUT2D eigenvalue weighted by molar-refractivity contribution is 7.20. The van der Waals surface area contributed by atoms with Crippen LogP contribution in [0.15, 0.2) is 23.1 Å². The molecule has 33 heavy (non-hydrogen) atoms. The Balaban J connectivity index is 1.35. The lowest BCUT2D eigenvalue weighted by molar-refractivity contribution is -0.385. The summed E-state index contributed by atoms with van der Waals surface area (Å²) in [5.74, 6) is 1.41. The summed E-state index contributed by atoms with van der Waals surface area (Å²) < 4.78 is 1.79. The van der Waals surface area contributed by atoms with Crippen molar-refractivity contribution in [3.63, 3.8) is 0 Å². The quantitative estimate of drug-likeness (QED) is 0.429. The number of aryl methyl sites for hydroxylation is 2. The van der Waals surface area contributed by atoms with Crippen LogP contribution in [0.3, 0.4) is 0 Å². The number of nitrogens with zero attached hydrogens (tertiary/aromatic N) is 6. The maximum Gasteiger partial charge on any atom is 0.287 e. The van der Waals surface area contributed by atoms with Gasteiger partial charge >= 0.3 is 0 Å². The lowest BCUT2D eigenvalue weighted by Crippen LogP contribution is -2.49. The first-order valence-electron chi connectivity index (χ1n) is 11.1. The Bertz CT molecular complexity index is 1290. The van der Waals surface area contributed by atoms with Gasteiger partial charge in [0.05, 0.1) is 15.2 Å². The predicted molar refractivity (Wildman–Crippen MR) is 125 cm³/mol. The minimum Gasteiger partial charge on any atom is -0.353 e. The van der Waals surface area contributed by atoms with Gasteiger partial charge in [0.15, 0.2) is 0 Å². The van der Waals surface area contributed by atoms with Gasteiger partial charge in [-0.15, -0.1) is 11.3 Å². The van der Waals surface area contributed by atoms with E-state index in [0.29, 0.717) is 53.6 Å². The van der Waals surface area contributed by atoms with Crippen molar-refractivity contribution in [3.8, 4) is 0 Å². The molecule has 0 spiro atoms. The smallest absolute Gasteiger partial charge is 0.287 e. The number of carbonyl (C=O) groups is 1. The third kappa shape index (κ3) is 3.86. The fourth-order valence-electron chi connectivity index (χ4n) is 4.57.